The second-order valence-electron chi connectivity index (χ2n) is 2.96. The van der Waals surface area contributed by atoms with E-state index in [2.05, 4.69) is 14.5 Å². The molecule has 1 heterocycles. The highest BCUT2D eigenvalue weighted by Gasteiger charge is 2.35. The molecule has 1 aromatic heterocycles. The van der Waals surface area contributed by atoms with Crippen molar-refractivity contribution in [3.8, 4) is 5.88 Å². The molecule has 0 saturated heterocycles. The molecule has 0 atom stereocenters. The largest absolute Gasteiger partial charge is 0.574 e. The second kappa shape index (κ2) is 5.07. The zero-order chi connectivity index (χ0) is 13.2. The number of ether oxygens (including phenoxy) is 2. The minimum atomic E-state index is -4.91. The van der Waals surface area contributed by atoms with E-state index >= 15 is 0 Å². The first-order chi connectivity index (χ1) is 7.74. The summed E-state index contributed by atoms with van der Waals surface area (Å²) in [4.78, 5) is 14.9. The topological polar surface area (TPSA) is 48.4 Å². The van der Waals surface area contributed by atoms with Crippen molar-refractivity contribution >= 4 is 28.6 Å². The lowest BCUT2D eigenvalue weighted by atomic mass is 10.2. The van der Waals surface area contributed by atoms with Crippen molar-refractivity contribution < 1.29 is 27.4 Å². The Labute approximate surface area is 108 Å². The number of halogens is 4. The van der Waals surface area contributed by atoms with Gasteiger partial charge in [-0.1, -0.05) is 0 Å². The maximum atomic E-state index is 12.1. The summed E-state index contributed by atoms with van der Waals surface area (Å²) in [5.41, 5.74) is -0.0303. The van der Waals surface area contributed by atoms with Crippen LogP contribution < -0.4 is 4.74 Å². The molecule has 0 amide bonds. The van der Waals surface area contributed by atoms with Gasteiger partial charge < -0.3 is 9.47 Å². The van der Waals surface area contributed by atoms with Crippen molar-refractivity contribution in [1.29, 1.82) is 0 Å². The Hall–Kier alpha value is -1.06. The molecule has 0 spiro atoms. The van der Waals surface area contributed by atoms with Gasteiger partial charge in [0.1, 0.15) is 5.56 Å². The number of aromatic nitrogens is 1. The average molecular weight is 361 g/mol. The van der Waals surface area contributed by atoms with E-state index in [0.717, 1.165) is 7.11 Å². The standard InChI is InChI=1S/C9H7F3INO3/c1-4-3-5(13)6(8(15)16-2)7(14-4)17-9(10,11)12/h3H,1-2H3. The molecule has 0 aromatic carbocycles. The number of methoxy groups -OCH3 is 1. The van der Waals surface area contributed by atoms with Crippen LogP contribution in [0.5, 0.6) is 5.88 Å². The molecule has 0 saturated carbocycles. The Kier molecular flexibility index (Phi) is 4.17. The van der Waals surface area contributed by atoms with Crippen LogP contribution in [-0.2, 0) is 4.74 Å². The first kappa shape index (κ1) is 14.0. The Morgan fingerprint density at radius 1 is 1.47 bits per heavy atom. The normalized spacial score (nSPS) is 11.2. The van der Waals surface area contributed by atoms with Gasteiger partial charge in [-0.2, -0.15) is 0 Å². The maximum Gasteiger partial charge on any atom is 0.574 e. The van der Waals surface area contributed by atoms with E-state index in [0.29, 0.717) is 5.69 Å². The van der Waals surface area contributed by atoms with Crippen molar-refractivity contribution in [1.82, 2.24) is 4.98 Å². The third kappa shape index (κ3) is 3.72. The molecule has 94 valence electrons. The average Bonchev–Trinajstić information content (AvgIpc) is 2.13. The number of rotatable bonds is 2. The van der Waals surface area contributed by atoms with E-state index in [9.17, 15) is 18.0 Å². The third-order valence-electron chi connectivity index (χ3n) is 1.67. The summed E-state index contributed by atoms with van der Waals surface area (Å²) in [5.74, 6) is -1.73. The highest BCUT2D eigenvalue weighted by molar-refractivity contribution is 14.1. The van der Waals surface area contributed by atoms with E-state index in [1.165, 1.54) is 13.0 Å². The third-order valence-corrected chi connectivity index (χ3v) is 2.52. The molecule has 17 heavy (non-hydrogen) atoms. The molecular weight excluding hydrogens is 354 g/mol. The molecule has 4 nitrogen and oxygen atoms in total. The second-order valence-corrected chi connectivity index (χ2v) is 4.13. The number of aryl methyl sites for hydroxylation is 1. The zero-order valence-corrected chi connectivity index (χ0v) is 10.9. The van der Waals surface area contributed by atoms with Crippen molar-refractivity contribution in [3.63, 3.8) is 0 Å². The van der Waals surface area contributed by atoms with E-state index < -0.39 is 18.2 Å². The fourth-order valence-corrected chi connectivity index (χ4v) is 1.98. The Balaban J connectivity index is 3.30. The summed E-state index contributed by atoms with van der Waals surface area (Å²) >= 11 is 1.71. The number of carbonyl (C=O) groups is 1. The molecule has 1 aromatic rings. The highest BCUT2D eigenvalue weighted by atomic mass is 127. The lowest BCUT2D eigenvalue weighted by Crippen LogP contribution is -2.21. The fraction of sp³-hybridized carbons (Fsp3) is 0.333. The summed E-state index contributed by atoms with van der Waals surface area (Å²) in [6, 6.07) is 1.45. The molecule has 0 N–H and O–H groups in total. The SMILES string of the molecule is COC(=O)c1c(I)cc(C)nc1OC(F)(F)F. The van der Waals surface area contributed by atoms with Crippen molar-refractivity contribution in [2.75, 3.05) is 7.11 Å². The number of esters is 1. The summed E-state index contributed by atoms with van der Waals surface area (Å²) in [5, 5.41) is 0. The zero-order valence-electron chi connectivity index (χ0n) is 8.76. The lowest BCUT2D eigenvalue weighted by Gasteiger charge is -2.12. The molecule has 1 rings (SSSR count). The molecule has 0 unspecified atom stereocenters. The molecule has 0 aliphatic rings. The summed E-state index contributed by atoms with van der Waals surface area (Å²) in [7, 11) is 1.07. The van der Waals surface area contributed by atoms with Gasteiger partial charge in [-0.3, -0.25) is 0 Å². The molecule has 0 fully saturated rings. The number of nitrogens with zero attached hydrogens (tertiary/aromatic N) is 1. The van der Waals surface area contributed by atoms with E-state index in [-0.39, 0.29) is 9.13 Å². The van der Waals surface area contributed by atoms with Crippen molar-refractivity contribution in [3.05, 3.63) is 20.9 Å². The lowest BCUT2D eigenvalue weighted by molar-refractivity contribution is -0.276. The number of carbonyl (C=O) groups excluding carboxylic acids is 1. The van der Waals surface area contributed by atoms with Gasteiger partial charge in [0.25, 0.3) is 0 Å². The van der Waals surface area contributed by atoms with Gasteiger partial charge in [0.05, 0.1) is 7.11 Å². The molecule has 0 radical (unpaired) electrons. The van der Waals surface area contributed by atoms with Crippen LogP contribution in [0.1, 0.15) is 16.1 Å². The Morgan fingerprint density at radius 3 is 2.53 bits per heavy atom. The van der Waals surface area contributed by atoms with Gasteiger partial charge in [0, 0.05) is 9.26 Å². The molecule has 0 aliphatic carbocycles. The van der Waals surface area contributed by atoms with Crippen LogP contribution in [0, 0.1) is 10.5 Å². The predicted octanol–water partition coefficient (Wildman–Crippen LogP) is 2.68. The highest BCUT2D eigenvalue weighted by Crippen LogP contribution is 2.28. The van der Waals surface area contributed by atoms with Crippen LogP contribution in [0.3, 0.4) is 0 Å². The Bertz CT molecular complexity index is 448. The Morgan fingerprint density at radius 2 is 2.06 bits per heavy atom. The molecule has 8 heteroatoms. The summed E-state index contributed by atoms with van der Waals surface area (Å²) < 4.78 is 44.8. The predicted molar refractivity (Wildman–Crippen MR) is 59.7 cm³/mol. The number of alkyl halides is 3. The quantitative estimate of drug-likeness (QED) is 0.601. The van der Waals surface area contributed by atoms with Crippen LogP contribution in [0.25, 0.3) is 0 Å². The minimum Gasteiger partial charge on any atom is -0.465 e. The van der Waals surface area contributed by atoms with Gasteiger partial charge in [-0.25, -0.2) is 9.78 Å². The maximum absolute atomic E-state index is 12.1. The molecular formula is C9H7F3INO3. The fourth-order valence-electron chi connectivity index (χ4n) is 1.08. The van der Waals surface area contributed by atoms with Crippen LogP contribution in [-0.4, -0.2) is 24.4 Å². The monoisotopic (exact) mass is 361 g/mol. The number of hydrogen-bond donors (Lipinski definition) is 0. The van der Waals surface area contributed by atoms with Gasteiger partial charge >= 0.3 is 12.3 Å². The number of pyridine rings is 1. The number of hydrogen-bond acceptors (Lipinski definition) is 4. The smallest absolute Gasteiger partial charge is 0.465 e. The minimum absolute atomic E-state index is 0.279. The van der Waals surface area contributed by atoms with Crippen molar-refractivity contribution in [2.24, 2.45) is 0 Å². The van der Waals surface area contributed by atoms with Crippen LogP contribution in [0.15, 0.2) is 6.07 Å². The van der Waals surface area contributed by atoms with Crippen molar-refractivity contribution in [2.45, 2.75) is 13.3 Å². The van der Waals surface area contributed by atoms with Crippen LogP contribution in [0.2, 0.25) is 0 Å². The van der Waals surface area contributed by atoms with Gasteiger partial charge in [0.2, 0.25) is 5.88 Å². The summed E-state index contributed by atoms with van der Waals surface area (Å²) in [6.07, 6.45) is -4.91. The van der Waals surface area contributed by atoms with Gasteiger partial charge in [-0.05, 0) is 35.6 Å². The first-order valence-electron chi connectivity index (χ1n) is 4.26. The first-order valence-corrected chi connectivity index (χ1v) is 5.33. The molecule has 0 aliphatic heterocycles. The van der Waals surface area contributed by atoms with E-state index in [4.69, 9.17) is 0 Å². The molecule has 0 bridgehead atoms. The van der Waals surface area contributed by atoms with E-state index in [1.807, 2.05) is 0 Å². The van der Waals surface area contributed by atoms with Gasteiger partial charge in [0.15, 0.2) is 0 Å². The van der Waals surface area contributed by atoms with Crippen LogP contribution in [0.4, 0.5) is 13.2 Å². The van der Waals surface area contributed by atoms with Gasteiger partial charge in [-0.15, -0.1) is 13.2 Å². The van der Waals surface area contributed by atoms with Crippen LogP contribution >= 0.6 is 22.6 Å². The van der Waals surface area contributed by atoms with E-state index in [1.54, 1.807) is 22.6 Å². The summed E-state index contributed by atoms with van der Waals surface area (Å²) in [6.45, 7) is 1.49.